The third-order valence-corrected chi connectivity index (χ3v) is 4.90. The molecule has 26 heavy (non-hydrogen) atoms. The summed E-state index contributed by atoms with van der Waals surface area (Å²) < 4.78 is 14.9. The second-order valence-corrected chi connectivity index (χ2v) is 7.20. The van der Waals surface area contributed by atoms with Gasteiger partial charge in [0.05, 0.1) is 17.2 Å². The molecule has 138 valence electrons. The van der Waals surface area contributed by atoms with E-state index in [-0.39, 0.29) is 17.0 Å². The first-order chi connectivity index (χ1) is 12.4. The molecule has 0 aliphatic heterocycles. The molecule has 0 bridgehead atoms. The first kappa shape index (κ1) is 19.9. The predicted molar refractivity (Wildman–Crippen MR) is 101 cm³/mol. The molecule has 0 saturated heterocycles. The number of carbonyl (C=O) groups is 2. The number of nitrogens with two attached hydrogens (primary N) is 1. The molecule has 0 radical (unpaired) electrons. The molecule has 4 N–H and O–H groups in total. The highest BCUT2D eigenvalue weighted by atomic mass is 32.2. The summed E-state index contributed by atoms with van der Waals surface area (Å²) in [5, 5.41) is 2.72. The molecule has 2 amide bonds. The highest BCUT2D eigenvalue weighted by Crippen LogP contribution is 2.29. The minimum absolute atomic E-state index is 0.138. The first-order valence-corrected chi connectivity index (χ1v) is 9.08. The molecule has 7 heteroatoms. The van der Waals surface area contributed by atoms with Crippen LogP contribution in [0.3, 0.4) is 0 Å². The maximum Gasteiger partial charge on any atom is 0.265 e. The summed E-state index contributed by atoms with van der Waals surface area (Å²) in [5.41, 5.74) is 0.966. The molecular weight excluding hydrogens is 353 g/mol. The quantitative estimate of drug-likeness (QED) is 0.300. The number of carbonyl (C=O) groups excluding carboxylic acids is 2. The Hall–Kier alpha value is -2.38. The number of rotatable bonds is 7. The molecule has 2 rings (SSSR count). The number of halogens is 1. The number of nitrogens with one attached hydrogen (secondary N) is 2. The largest absolute Gasteiger partial charge is 0.345 e. The van der Waals surface area contributed by atoms with Crippen LogP contribution in [-0.2, 0) is 0 Å². The third kappa shape index (κ3) is 5.06. The number of hydrogen-bond donors (Lipinski definition) is 3. The Morgan fingerprint density at radius 3 is 2.04 bits per heavy atom. The Morgan fingerprint density at radius 1 is 0.962 bits per heavy atom. The number of amides is 2. The predicted octanol–water partition coefficient (Wildman–Crippen LogP) is 3.13. The van der Waals surface area contributed by atoms with Crippen molar-refractivity contribution in [1.82, 2.24) is 10.7 Å². The van der Waals surface area contributed by atoms with Gasteiger partial charge < -0.3 is 5.32 Å². The van der Waals surface area contributed by atoms with Crippen molar-refractivity contribution < 1.29 is 14.0 Å². The molecule has 5 nitrogen and oxygen atoms in total. The van der Waals surface area contributed by atoms with Gasteiger partial charge in [-0.2, -0.15) is 0 Å². The zero-order valence-electron chi connectivity index (χ0n) is 14.6. The second kappa shape index (κ2) is 9.35. The fourth-order valence-corrected chi connectivity index (χ4v) is 3.53. The minimum Gasteiger partial charge on any atom is -0.345 e. The van der Waals surface area contributed by atoms with Gasteiger partial charge in [0.1, 0.15) is 0 Å². The molecule has 0 fully saturated rings. The summed E-state index contributed by atoms with van der Waals surface area (Å²) in [7, 11) is 0. The van der Waals surface area contributed by atoms with Crippen LogP contribution in [0.25, 0.3) is 0 Å². The Kier molecular flexibility index (Phi) is 7.17. The zero-order valence-corrected chi connectivity index (χ0v) is 15.4. The topological polar surface area (TPSA) is 84.2 Å². The Labute approximate surface area is 156 Å². The first-order valence-electron chi connectivity index (χ1n) is 8.20. The van der Waals surface area contributed by atoms with Gasteiger partial charge in [-0.3, -0.25) is 15.0 Å². The minimum atomic E-state index is -1.34. The maximum absolute atomic E-state index is 14.9. The van der Waals surface area contributed by atoms with Crippen molar-refractivity contribution in [2.24, 2.45) is 11.8 Å². The fraction of sp³-hybridized carbons (Fsp3) is 0.263. The molecule has 0 aromatic heterocycles. The average molecular weight is 375 g/mol. The normalized spacial score (nSPS) is 13.1. The number of benzene rings is 2. The van der Waals surface area contributed by atoms with Gasteiger partial charge in [0, 0.05) is 4.90 Å². The number of hydrogen-bond acceptors (Lipinski definition) is 4. The fourth-order valence-electron chi connectivity index (χ4n) is 2.42. The number of alkyl halides is 1. The van der Waals surface area contributed by atoms with Crippen LogP contribution < -0.4 is 16.6 Å². The Morgan fingerprint density at radius 2 is 1.50 bits per heavy atom. The van der Waals surface area contributed by atoms with Gasteiger partial charge in [0.25, 0.3) is 11.8 Å². The lowest BCUT2D eigenvalue weighted by Gasteiger charge is -2.26. The molecule has 0 aliphatic rings. The van der Waals surface area contributed by atoms with Gasteiger partial charge >= 0.3 is 0 Å². The second-order valence-electron chi connectivity index (χ2n) is 6.04. The molecule has 1 unspecified atom stereocenters. The van der Waals surface area contributed by atoms with Crippen molar-refractivity contribution in [3.63, 3.8) is 0 Å². The molecule has 0 spiro atoms. The van der Waals surface area contributed by atoms with E-state index in [9.17, 15) is 14.0 Å². The molecular formula is C19H22FN3O2S. The highest BCUT2D eigenvalue weighted by Gasteiger charge is 2.28. The third-order valence-electron chi connectivity index (χ3n) is 3.84. The van der Waals surface area contributed by atoms with Crippen molar-refractivity contribution in [3.8, 4) is 0 Å². The van der Waals surface area contributed by atoms with Crippen molar-refractivity contribution in [2.75, 3.05) is 0 Å². The van der Waals surface area contributed by atoms with Crippen LogP contribution in [0, 0.1) is 5.92 Å². The van der Waals surface area contributed by atoms with Crippen LogP contribution >= 0.6 is 11.8 Å². The summed E-state index contributed by atoms with van der Waals surface area (Å²) in [5.74, 6) is 3.93. The van der Waals surface area contributed by atoms with E-state index in [4.69, 9.17) is 5.84 Å². The molecule has 2 aromatic carbocycles. The Balaban J connectivity index is 2.17. The van der Waals surface area contributed by atoms with Crippen LogP contribution in [0.15, 0.2) is 59.5 Å². The van der Waals surface area contributed by atoms with Crippen LogP contribution in [0.2, 0.25) is 0 Å². The molecule has 2 atom stereocenters. The van der Waals surface area contributed by atoms with Gasteiger partial charge in [-0.1, -0.05) is 55.9 Å². The van der Waals surface area contributed by atoms with E-state index in [1.165, 1.54) is 12.1 Å². The summed E-state index contributed by atoms with van der Waals surface area (Å²) in [4.78, 5) is 25.3. The lowest BCUT2D eigenvalue weighted by Crippen LogP contribution is -2.44. The maximum atomic E-state index is 14.9. The van der Waals surface area contributed by atoms with Crippen molar-refractivity contribution in [2.45, 2.75) is 30.3 Å². The van der Waals surface area contributed by atoms with Crippen molar-refractivity contribution >= 4 is 23.6 Å². The smallest absolute Gasteiger partial charge is 0.265 e. The monoisotopic (exact) mass is 375 g/mol. The van der Waals surface area contributed by atoms with Crippen LogP contribution in [0.1, 0.15) is 34.6 Å². The van der Waals surface area contributed by atoms with Crippen molar-refractivity contribution in [3.05, 3.63) is 65.7 Å². The molecule has 2 aromatic rings. The van der Waals surface area contributed by atoms with E-state index in [1.807, 2.05) is 49.6 Å². The lowest BCUT2D eigenvalue weighted by molar-refractivity contribution is 0.0891. The van der Waals surface area contributed by atoms with Gasteiger partial charge in [-0.05, 0) is 30.2 Å². The number of nitrogen functional groups attached to an aromatic ring is 1. The summed E-state index contributed by atoms with van der Waals surface area (Å²) >= 11 is 1.05. The summed E-state index contributed by atoms with van der Waals surface area (Å²) in [6.45, 7) is 3.67. The van der Waals surface area contributed by atoms with Gasteiger partial charge in [-0.15, -0.1) is 0 Å². The van der Waals surface area contributed by atoms with E-state index < -0.39 is 23.4 Å². The summed E-state index contributed by atoms with van der Waals surface area (Å²) in [6, 6.07) is 14.7. The van der Waals surface area contributed by atoms with Crippen molar-refractivity contribution in [1.29, 1.82) is 0 Å². The Bertz CT molecular complexity index is 755. The molecule has 0 saturated carbocycles. The van der Waals surface area contributed by atoms with E-state index in [0.717, 1.165) is 16.7 Å². The summed E-state index contributed by atoms with van der Waals surface area (Å²) in [6.07, 6.45) is 0. The van der Waals surface area contributed by atoms with E-state index in [2.05, 4.69) is 5.32 Å². The van der Waals surface area contributed by atoms with Crippen LogP contribution in [0.4, 0.5) is 4.39 Å². The molecule has 0 aliphatic carbocycles. The molecule has 0 heterocycles. The zero-order chi connectivity index (χ0) is 19.1. The van der Waals surface area contributed by atoms with Gasteiger partial charge in [0.2, 0.25) is 0 Å². The van der Waals surface area contributed by atoms with Gasteiger partial charge in [0.15, 0.2) is 5.50 Å². The van der Waals surface area contributed by atoms with E-state index in [1.54, 1.807) is 12.1 Å². The van der Waals surface area contributed by atoms with Gasteiger partial charge in [-0.25, -0.2) is 10.2 Å². The van der Waals surface area contributed by atoms with E-state index in [0.29, 0.717) is 0 Å². The number of hydrazine groups is 1. The van der Waals surface area contributed by atoms with Crippen LogP contribution in [-0.4, -0.2) is 23.4 Å². The number of thioether (sulfide) groups is 1. The van der Waals surface area contributed by atoms with E-state index >= 15 is 0 Å². The standard InChI is InChI=1S/C19H22FN3O2S/c1-12(2)16(17(20)26-13-8-4-3-5-9-13)22-18(24)14-10-6-7-11-15(14)19(25)23-21/h3-12,16-17H,21H2,1-2H3,(H,22,24)(H,23,25)/t16-,17?/m0/s1. The SMILES string of the molecule is CC(C)[C@H](NC(=O)c1ccccc1C(=O)NN)C(F)Sc1ccccc1. The van der Waals surface area contributed by atoms with Crippen LogP contribution in [0.5, 0.6) is 0 Å². The highest BCUT2D eigenvalue weighted by molar-refractivity contribution is 7.99. The lowest BCUT2D eigenvalue weighted by atomic mass is 10.0. The average Bonchev–Trinajstić information content (AvgIpc) is 2.65.